The molecule has 0 aliphatic carbocycles. The molecular formula is C16H28N4O3. The van der Waals surface area contributed by atoms with Crippen molar-refractivity contribution in [3.8, 4) is 0 Å². The summed E-state index contributed by atoms with van der Waals surface area (Å²) >= 11 is 0. The van der Waals surface area contributed by atoms with E-state index in [1.807, 2.05) is 13.8 Å². The Morgan fingerprint density at radius 2 is 2.17 bits per heavy atom. The van der Waals surface area contributed by atoms with Crippen LogP contribution in [0.15, 0.2) is 0 Å². The SMILES string of the molecule is CNC(CC(C)C)C(=O)N1C[C@]2(CCCNC2=O)C[C@H]1C(N)=O. The van der Waals surface area contributed by atoms with E-state index in [9.17, 15) is 14.4 Å². The van der Waals surface area contributed by atoms with Crippen LogP contribution in [0.1, 0.15) is 39.5 Å². The van der Waals surface area contributed by atoms with Gasteiger partial charge in [-0.3, -0.25) is 14.4 Å². The normalized spacial score (nSPS) is 29.0. The summed E-state index contributed by atoms with van der Waals surface area (Å²) < 4.78 is 0. The first-order chi connectivity index (χ1) is 10.8. The zero-order valence-corrected chi connectivity index (χ0v) is 14.2. The Morgan fingerprint density at radius 3 is 2.70 bits per heavy atom. The van der Waals surface area contributed by atoms with Crippen LogP contribution in [0.4, 0.5) is 0 Å². The number of primary amides is 1. The van der Waals surface area contributed by atoms with Crippen LogP contribution < -0.4 is 16.4 Å². The molecule has 3 amide bonds. The van der Waals surface area contributed by atoms with Crippen LogP contribution in [0.5, 0.6) is 0 Å². The average Bonchev–Trinajstić information content (AvgIpc) is 2.88. The van der Waals surface area contributed by atoms with Crippen molar-refractivity contribution < 1.29 is 14.4 Å². The molecule has 1 unspecified atom stereocenters. The number of nitrogens with zero attached hydrogens (tertiary/aromatic N) is 1. The summed E-state index contributed by atoms with van der Waals surface area (Å²) in [6.45, 7) is 5.02. The Hall–Kier alpha value is -1.63. The van der Waals surface area contributed by atoms with E-state index in [0.29, 0.717) is 31.7 Å². The molecule has 0 saturated carbocycles. The van der Waals surface area contributed by atoms with Gasteiger partial charge in [0.15, 0.2) is 0 Å². The van der Waals surface area contributed by atoms with Crippen LogP contribution >= 0.6 is 0 Å². The number of hydrogen-bond acceptors (Lipinski definition) is 4. The Kier molecular flexibility index (Phi) is 5.29. The van der Waals surface area contributed by atoms with E-state index >= 15 is 0 Å². The molecule has 1 spiro atoms. The van der Waals surface area contributed by atoms with Crippen LogP contribution in [0.25, 0.3) is 0 Å². The second kappa shape index (κ2) is 6.86. The third-order valence-corrected chi connectivity index (χ3v) is 5.00. The van der Waals surface area contributed by atoms with E-state index in [1.54, 1.807) is 7.05 Å². The number of piperidine rings is 1. The zero-order valence-electron chi connectivity index (χ0n) is 14.2. The standard InChI is InChI=1S/C16H28N4O3/c1-10(2)7-11(18-3)14(22)20-9-16(8-12(20)13(17)21)5-4-6-19-15(16)23/h10-12,18H,4-9H2,1-3H3,(H2,17,21)(H,19,23)/t11?,12-,16-/m0/s1. The molecule has 130 valence electrons. The molecule has 2 heterocycles. The number of carbonyl (C=O) groups excluding carboxylic acids is 3. The van der Waals surface area contributed by atoms with Crippen molar-refractivity contribution in [2.75, 3.05) is 20.1 Å². The molecule has 3 atom stereocenters. The van der Waals surface area contributed by atoms with Gasteiger partial charge in [-0.15, -0.1) is 0 Å². The van der Waals surface area contributed by atoms with E-state index in [-0.39, 0.29) is 24.4 Å². The molecule has 0 aromatic carbocycles. The van der Waals surface area contributed by atoms with Crippen molar-refractivity contribution >= 4 is 17.7 Å². The van der Waals surface area contributed by atoms with Gasteiger partial charge in [0, 0.05) is 13.1 Å². The molecule has 0 aromatic heterocycles. The predicted octanol–water partition coefficient (Wildman–Crippen LogP) is -0.397. The molecule has 7 heteroatoms. The number of carbonyl (C=O) groups is 3. The van der Waals surface area contributed by atoms with Crippen molar-refractivity contribution in [3.63, 3.8) is 0 Å². The van der Waals surface area contributed by atoms with Crippen molar-refractivity contribution in [2.45, 2.75) is 51.6 Å². The smallest absolute Gasteiger partial charge is 0.240 e. The second-order valence-corrected chi connectivity index (χ2v) is 7.20. The number of amides is 3. The number of hydrogen-bond donors (Lipinski definition) is 3. The maximum Gasteiger partial charge on any atom is 0.240 e. The molecule has 23 heavy (non-hydrogen) atoms. The first kappa shape index (κ1) is 17.7. The van der Waals surface area contributed by atoms with Crippen LogP contribution in [0.2, 0.25) is 0 Å². The highest BCUT2D eigenvalue weighted by molar-refractivity contribution is 5.93. The Morgan fingerprint density at radius 1 is 1.48 bits per heavy atom. The molecule has 0 aromatic rings. The molecule has 2 fully saturated rings. The van der Waals surface area contributed by atoms with Crippen molar-refractivity contribution in [2.24, 2.45) is 17.1 Å². The fourth-order valence-corrected chi connectivity index (χ4v) is 3.76. The van der Waals surface area contributed by atoms with Crippen LogP contribution in [-0.2, 0) is 14.4 Å². The first-order valence-corrected chi connectivity index (χ1v) is 8.36. The molecule has 2 saturated heterocycles. The fraction of sp³-hybridized carbons (Fsp3) is 0.812. The van der Waals surface area contributed by atoms with Gasteiger partial charge in [0.25, 0.3) is 0 Å². The van der Waals surface area contributed by atoms with Gasteiger partial charge in [-0.2, -0.15) is 0 Å². The fourth-order valence-electron chi connectivity index (χ4n) is 3.76. The first-order valence-electron chi connectivity index (χ1n) is 8.36. The quantitative estimate of drug-likeness (QED) is 0.640. The summed E-state index contributed by atoms with van der Waals surface area (Å²) in [5.41, 5.74) is 4.86. The number of likely N-dealkylation sites (tertiary alicyclic amines) is 1. The molecule has 7 nitrogen and oxygen atoms in total. The molecule has 4 N–H and O–H groups in total. The third kappa shape index (κ3) is 3.49. The summed E-state index contributed by atoms with van der Waals surface area (Å²) in [5, 5.41) is 5.89. The summed E-state index contributed by atoms with van der Waals surface area (Å²) in [4.78, 5) is 38.6. The molecule has 0 bridgehead atoms. The van der Waals surface area contributed by atoms with Gasteiger partial charge in [-0.1, -0.05) is 13.8 Å². The molecule has 2 aliphatic rings. The summed E-state index contributed by atoms with van der Waals surface area (Å²) in [6.07, 6.45) is 2.57. The number of rotatable bonds is 5. The van der Waals surface area contributed by atoms with Crippen molar-refractivity contribution in [1.82, 2.24) is 15.5 Å². The minimum Gasteiger partial charge on any atom is -0.368 e. The number of likely N-dealkylation sites (N-methyl/N-ethyl adjacent to an activating group) is 1. The average molecular weight is 324 g/mol. The van der Waals surface area contributed by atoms with E-state index < -0.39 is 17.4 Å². The minimum absolute atomic E-state index is 0.0600. The Bertz CT molecular complexity index is 494. The second-order valence-electron chi connectivity index (χ2n) is 7.20. The Balaban J connectivity index is 2.23. The van der Waals surface area contributed by atoms with Gasteiger partial charge in [-0.05, 0) is 38.6 Å². The maximum absolute atomic E-state index is 12.9. The third-order valence-electron chi connectivity index (χ3n) is 5.00. The highest BCUT2D eigenvalue weighted by Gasteiger charge is 2.53. The van der Waals surface area contributed by atoms with E-state index in [4.69, 9.17) is 5.73 Å². The summed E-state index contributed by atoms with van der Waals surface area (Å²) in [7, 11) is 1.74. The monoisotopic (exact) mass is 324 g/mol. The largest absolute Gasteiger partial charge is 0.368 e. The lowest BCUT2D eigenvalue weighted by atomic mass is 9.78. The van der Waals surface area contributed by atoms with Gasteiger partial charge in [0.05, 0.1) is 11.5 Å². The summed E-state index contributed by atoms with van der Waals surface area (Å²) in [5.74, 6) is -0.388. The molecule has 0 radical (unpaired) electrons. The van der Waals surface area contributed by atoms with Gasteiger partial charge in [0.2, 0.25) is 17.7 Å². The van der Waals surface area contributed by atoms with Crippen molar-refractivity contribution in [1.29, 1.82) is 0 Å². The van der Waals surface area contributed by atoms with Gasteiger partial charge < -0.3 is 21.3 Å². The van der Waals surface area contributed by atoms with Gasteiger partial charge in [0.1, 0.15) is 6.04 Å². The topological polar surface area (TPSA) is 105 Å². The highest BCUT2D eigenvalue weighted by Crippen LogP contribution is 2.41. The molecule has 2 rings (SSSR count). The van der Waals surface area contributed by atoms with Crippen molar-refractivity contribution in [3.05, 3.63) is 0 Å². The van der Waals surface area contributed by atoms with Gasteiger partial charge in [-0.25, -0.2) is 0 Å². The van der Waals surface area contributed by atoms with E-state index in [2.05, 4.69) is 10.6 Å². The molecular weight excluding hydrogens is 296 g/mol. The van der Waals surface area contributed by atoms with Gasteiger partial charge >= 0.3 is 0 Å². The molecule has 2 aliphatic heterocycles. The van der Waals surface area contributed by atoms with Crippen LogP contribution in [-0.4, -0.2) is 54.8 Å². The lowest BCUT2D eigenvalue weighted by molar-refractivity contribution is -0.140. The van der Waals surface area contributed by atoms with Crippen LogP contribution in [0.3, 0.4) is 0 Å². The number of nitrogens with one attached hydrogen (secondary N) is 2. The Labute approximate surface area is 137 Å². The number of nitrogens with two attached hydrogens (primary N) is 1. The lowest BCUT2D eigenvalue weighted by Gasteiger charge is -2.32. The predicted molar refractivity (Wildman–Crippen MR) is 86.3 cm³/mol. The highest BCUT2D eigenvalue weighted by atomic mass is 16.2. The summed E-state index contributed by atoms with van der Waals surface area (Å²) in [6, 6.07) is -1.06. The lowest BCUT2D eigenvalue weighted by Crippen LogP contribution is -2.52. The minimum atomic E-state index is -0.700. The van der Waals surface area contributed by atoms with E-state index in [0.717, 1.165) is 6.42 Å². The zero-order chi connectivity index (χ0) is 17.2. The van der Waals surface area contributed by atoms with Crippen LogP contribution in [0, 0.1) is 11.3 Å². The maximum atomic E-state index is 12.9. The van der Waals surface area contributed by atoms with E-state index in [1.165, 1.54) is 4.90 Å².